The predicted molar refractivity (Wildman–Crippen MR) is 124 cm³/mol. The maximum absolute atomic E-state index is 13.0. The molecule has 1 amide bonds. The maximum Gasteiger partial charge on any atom is 0.265 e. The van der Waals surface area contributed by atoms with Crippen molar-refractivity contribution < 1.29 is 13.9 Å². The second-order valence-corrected chi connectivity index (χ2v) is 8.76. The van der Waals surface area contributed by atoms with Crippen LogP contribution in [0.2, 0.25) is 5.02 Å². The highest BCUT2D eigenvalue weighted by atomic mass is 35.5. The molecule has 0 aliphatic carbocycles. The highest BCUT2D eigenvalue weighted by molar-refractivity contribution is 7.12. The molecule has 2 aromatic carbocycles. The van der Waals surface area contributed by atoms with Gasteiger partial charge < -0.3 is 14.5 Å². The summed E-state index contributed by atoms with van der Waals surface area (Å²) in [6.45, 7) is 2.81. The second kappa shape index (κ2) is 8.85. The summed E-state index contributed by atoms with van der Waals surface area (Å²) in [7, 11) is 0. The molecule has 4 aromatic rings. The monoisotopic (exact) mass is 452 g/mol. The van der Waals surface area contributed by atoms with Gasteiger partial charge in [0.1, 0.15) is 11.3 Å². The van der Waals surface area contributed by atoms with Gasteiger partial charge in [0.05, 0.1) is 29.8 Å². The standard InChI is InChI=1S/C24H21ClN2O3S/c25-17-6-3-5-16(15-17)22(27-10-12-29-13-11-27)23-21(18-7-1-2-8-19(18)30-23)26-24(28)20-9-4-14-31-20/h1-9,14-15,22H,10-13H2,(H,26,28). The topological polar surface area (TPSA) is 54.7 Å². The van der Waals surface area contributed by atoms with E-state index in [1.807, 2.05) is 66.0 Å². The number of nitrogens with zero attached hydrogens (tertiary/aromatic N) is 1. The zero-order valence-corrected chi connectivity index (χ0v) is 18.3. The Balaban J connectivity index is 1.65. The van der Waals surface area contributed by atoms with Crippen molar-refractivity contribution in [1.82, 2.24) is 4.90 Å². The van der Waals surface area contributed by atoms with Crippen LogP contribution in [0.1, 0.15) is 27.0 Å². The number of hydrogen-bond acceptors (Lipinski definition) is 5. The molecule has 1 saturated heterocycles. The molecule has 1 unspecified atom stereocenters. The van der Waals surface area contributed by atoms with Crippen LogP contribution < -0.4 is 5.32 Å². The number of halogens is 1. The molecule has 1 aliphatic rings. The Morgan fingerprint density at radius 3 is 2.68 bits per heavy atom. The molecule has 1 aliphatic heterocycles. The molecule has 5 rings (SSSR count). The van der Waals surface area contributed by atoms with Gasteiger partial charge in [0.2, 0.25) is 0 Å². The molecule has 0 saturated carbocycles. The number of fused-ring (bicyclic) bond motifs is 1. The number of anilines is 1. The number of carbonyl (C=O) groups is 1. The molecule has 5 nitrogen and oxygen atoms in total. The van der Waals surface area contributed by atoms with Gasteiger partial charge in [-0.15, -0.1) is 11.3 Å². The van der Waals surface area contributed by atoms with Gasteiger partial charge in [0, 0.05) is 23.5 Å². The van der Waals surface area contributed by atoms with Crippen LogP contribution in [0, 0.1) is 0 Å². The average molecular weight is 453 g/mol. The summed E-state index contributed by atoms with van der Waals surface area (Å²) < 4.78 is 12.0. The summed E-state index contributed by atoms with van der Waals surface area (Å²) >= 11 is 7.76. The smallest absolute Gasteiger partial charge is 0.265 e. The van der Waals surface area contributed by atoms with Gasteiger partial charge in [-0.2, -0.15) is 0 Å². The normalized spacial score (nSPS) is 15.8. The van der Waals surface area contributed by atoms with E-state index in [0.717, 1.165) is 29.6 Å². The van der Waals surface area contributed by atoms with E-state index < -0.39 is 0 Å². The summed E-state index contributed by atoms with van der Waals surface area (Å²) in [4.78, 5) is 15.9. The van der Waals surface area contributed by atoms with E-state index in [4.69, 9.17) is 20.8 Å². The van der Waals surface area contributed by atoms with Crippen LogP contribution >= 0.6 is 22.9 Å². The molecule has 0 bridgehead atoms. The van der Waals surface area contributed by atoms with Gasteiger partial charge in [-0.05, 0) is 41.3 Å². The molecule has 1 atom stereocenters. The number of amides is 1. The molecule has 1 N–H and O–H groups in total. The van der Waals surface area contributed by atoms with E-state index in [1.165, 1.54) is 11.3 Å². The zero-order valence-electron chi connectivity index (χ0n) is 16.7. The van der Waals surface area contributed by atoms with Crippen LogP contribution in [0.25, 0.3) is 11.0 Å². The van der Waals surface area contributed by atoms with E-state index in [1.54, 1.807) is 0 Å². The van der Waals surface area contributed by atoms with Crippen molar-refractivity contribution in [3.05, 3.63) is 87.3 Å². The number of morpholine rings is 1. The number of hydrogen-bond donors (Lipinski definition) is 1. The highest BCUT2D eigenvalue weighted by Gasteiger charge is 2.31. The lowest BCUT2D eigenvalue weighted by Gasteiger charge is -2.34. The van der Waals surface area contributed by atoms with Gasteiger partial charge >= 0.3 is 0 Å². The van der Waals surface area contributed by atoms with Crippen molar-refractivity contribution in [2.75, 3.05) is 31.6 Å². The molecular weight excluding hydrogens is 432 g/mol. The number of carbonyl (C=O) groups excluding carboxylic acids is 1. The lowest BCUT2D eigenvalue weighted by Crippen LogP contribution is -2.39. The second-order valence-electron chi connectivity index (χ2n) is 7.37. The fraction of sp³-hybridized carbons (Fsp3) is 0.208. The molecule has 1 fully saturated rings. The lowest BCUT2D eigenvalue weighted by atomic mass is 10.0. The number of benzene rings is 2. The van der Waals surface area contributed by atoms with Crippen molar-refractivity contribution in [3.63, 3.8) is 0 Å². The molecule has 31 heavy (non-hydrogen) atoms. The van der Waals surface area contributed by atoms with E-state index in [9.17, 15) is 4.79 Å². The Kier molecular flexibility index (Phi) is 5.78. The van der Waals surface area contributed by atoms with Crippen LogP contribution in [0.3, 0.4) is 0 Å². The third-order valence-corrected chi connectivity index (χ3v) is 6.53. The molecular formula is C24H21ClN2O3S. The molecule has 0 radical (unpaired) electrons. The molecule has 3 heterocycles. The van der Waals surface area contributed by atoms with Crippen molar-refractivity contribution in [2.24, 2.45) is 0 Å². The first-order valence-corrected chi connectivity index (χ1v) is 11.4. The average Bonchev–Trinajstić information content (AvgIpc) is 3.44. The Bertz CT molecular complexity index is 1200. The Morgan fingerprint density at radius 1 is 1.06 bits per heavy atom. The van der Waals surface area contributed by atoms with Crippen molar-refractivity contribution in [1.29, 1.82) is 0 Å². The van der Waals surface area contributed by atoms with Crippen molar-refractivity contribution >= 4 is 45.5 Å². The van der Waals surface area contributed by atoms with Gasteiger partial charge in [0.15, 0.2) is 0 Å². The minimum absolute atomic E-state index is 0.144. The number of nitrogens with one attached hydrogen (secondary N) is 1. The minimum atomic E-state index is -0.200. The largest absolute Gasteiger partial charge is 0.457 e. The molecule has 7 heteroatoms. The summed E-state index contributed by atoms with van der Waals surface area (Å²) in [5.41, 5.74) is 2.45. The fourth-order valence-electron chi connectivity index (χ4n) is 4.01. The third kappa shape index (κ3) is 4.12. The van der Waals surface area contributed by atoms with Crippen LogP contribution in [-0.2, 0) is 4.74 Å². The number of para-hydroxylation sites is 1. The molecule has 0 spiro atoms. The summed E-state index contributed by atoms with van der Waals surface area (Å²) in [5, 5.41) is 6.56. The number of ether oxygens (including phenoxy) is 1. The fourth-order valence-corrected chi connectivity index (χ4v) is 4.83. The third-order valence-electron chi connectivity index (χ3n) is 5.43. The molecule has 158 valence electrons. The van der Waals surface area contributed by atoms with E-state index in [2.05, 4.69) is 10.2 Å². The van der Waals surface area contributed by atoms with E-state index in [-0.39, 0.29) is 11.9 Å². The molecule has 2 aromatic heterocycles. The van der Waals surface area contributed by atoms with E-state index in [0.29, 0.717) is 34.6 Å². The minimum Gasteiger partial charge on any atom is -0.457 e. The number of furan rings is 1. The summed E-state index contributed by atoms with van der Waals surface area (Å²) in [6, 6.07) is 19.1. The predicted octanol–water partition coefficient (Wildman–Crippen LogP) is 5.82. The Labute approximate surface area is 189 Å². The van der Waals surface area contributed by atoms with Crippen LogP contribution in [0.15, 0.2) is 70.5 Å². The number of rotatable bonds is 5. The van der Waals surface area contributed by atoms with Crippen molar-refractivity contribution in [3.8, 4) is 0 Å². The first-order valence-electron chi connectivity index (χ1n) is 10.1. The van der Waals surface area contributed by atoms with Crippen LogP contribution in [0.5, 0.6) is 0 Å². The van der Waals surface area contributed by atoms with Gasteiger partial charge in [-0.1, -0.05) is 41.9 Å². The van der Waals surface area contributed by atoms with Crippen LogP contribution in [-0.4, -0.2) is 37.1 Å². The van der Waals surface area contributed by atoms with Gasteiger partial charge in [-0.25, -0.2) is 0 Å². The maximum atomic E-state index is 13.0. The van der Waals surface area contributed by atoms with Gasteiger partial charge in [-0.3, -0.25) is 9.69 Å². The summed E-state index contributed by atoms with van der Waals surface area (Å²) in [5.74, 6) is 0.560. The Hall–Kier alpha value is -2.64. The van der Waals surface area contributed by atoms with Crippen LogP contribution in [0.4, 0.5) is 5.69 Å². The summed E-state index contributed by atoms with van der Waals surface area (Å²) in [6.07, 6.45) is 0. The number of thiophene rings is 1. The SMILES string of the molecule is O=C(Nc1c(C(c2cccc(Cl)c2)N2CCOCC2)oc2ccccc12)c1cccs1. The quantitative estimate of drug-likeness (QED) is 0.414. The zero-order chi connectivity index (χ0) is 21.2. The highest BCUT2D eigenvalue weighted by Crippen LogP contribution is 2.41. The van der Waals surface area contributed by atoms with Gasteiger partial charge in [0.25, 0.3) is 5.91 Å². The van der Waals surface area contributed by atoms with Crippen molar-refractivity contribution in [2.45, 2.75) is 6.04 Å². The first kappa shape index (κ1) is 20.3. The lowest BCUT2D eigenvalue weighted by molar-refractivity contribution is 0.0206. The Morgan fingerprint density at radius 2 is 1.90 bits per heavy atom. The first-order chi connectivity index (χ1) is 15.2. The van der Waals surface area contributed by atoms with E-state index >= 15 is 0 Å².